The van der Waals surface area contributed by atoms with Crippen LogP contribution in [0.2, 0.25) is 0 Å². The van der Waals surface area contributed by atoms with Crippen LogP contribution in [0.25, 0.3) is 0 Å². The van der Waals surface area contributed by atoms with Gasteiger partial charge >= 0.3 is 0 Å². The van der Waals surface area contributed by atoms with Crippen molar-refractivity contribution in [3.05, 3.63) is 24.4 Å². The van der Waals surface area contributed by atoms with Gasteiger partial charge in [-0.15, -0.1) is 0 Å². The second kappa shape index (κ2) is 9.68. The Kier molecular flexibility index (Phi) is 7.00. The lowest BCUT2D eigenvalue weighted by Crippen LogP contribution is -2.58. The fourth-order valence-electron chi connectivity index (χ4n) is 4.88. The zero-order valence-electron chi connectivity index (χ0n) is 17.4. The molecular formula is C21H35N5O3. The van der Waals surface area contributed by atoms with E-state index in [-0.39, 0.29) is 18.8 Å². The molecule has 8 nitrogen and oxygen atoms in total. The zero-order valence-corrected chi connectivity index (χ0v) is 17.4. The number of nitrogens with zero attached hydrogens (tertiary/aromatic N) is 4. The molecule has 4 atom stereocenters. The summed E-state index contributed by atoms with van der Waals surface area (Å²) in [5, 5.41) is 24.2. The molecule has 3 aliphatic heterocycles. The fourth-order valence-corrected chi connectivity index (χ4v) is 4.88. The summed E-state index contributed by atoms with van der Waals surface area (Å²) >= 11 is 0. The molecule has 0 spiro atoms. The third-order valence-electron chi connectivity index (χ3n) is 6.68. The number of aliphatic hydroxyl groups excluding tert-OH is 2. The van der Waals surface area contributed by atoms with E-state index in [0.717, 1.165) is 57.9 Å². The van der Waals surface area contributed by atoms with Gasteiger partial charge in [-0.05, 0) is 45.1 Å². The number of anilines is 1. The molecule has 162 valence electrons. The number of likely N-dealkylation sites (tertiary alicyclic amines) is 1. The van der Waals surface area contributed by atoms with E-state index in [1.165, 1.54) is 0 Å². The fraction of sp³-hybridized carbons (Fsp3) is 0.762. The minimum atomic E-state index is -0.661. The van der Waals surface area contributed by atoms with Crippen molar-refractivity contribution in [3.63, 3.8) is 0 Å². The lowest BCUT2D eigenvalue weighted by molar-refractivity contribution is -0.0222. The van der Waals surface area contributed by atoms with E-state index < -0.39 is 12.2 Å². The van der Waals surface area contributed by atoms with Gasteiger partial charge in [-0.1, -0.05) is 6.07 Å². The van der Waals surface area contributed by atoms with E-state index >= 15 is 0 Å². The van der Waals surface area contributed by atoms with Gasteiger partial charge in [-0.2, -0.15) is 0 Å². The Balaban J connectivity index is 1.34. The summed E-state index contributed by atoms with van der Waals surface area (Å²) < 4.78 is 6.07. The molecule has 3 fully saturated rings. The Morgan fingerprint density at radius 3 is 2.52 bits per heavy atom. The Morgan fingerprint density at radius 1 is 1.10 bits per heavy atom. The maximum atomic E-state index is 10.8. The summed E-state index contributed by atoms with van der Waals surface area (Å²) in [5.74, 6) is 1.00. The molecule has 1 aromatic rings. The van der Waals surface area contributed by atoms with Gasteiger partial charge in [0, 0.05) is 45.0 Å². The molecule has 0 bridgehead atoms. The molecule has 0 aliphatic carbocycles. The highest BCUT2D eigenvalue weighted by Gasteiger charge is 2.46. The highest BCUT2D eigenvalue weighted by molar-refractivity contribution is 5.38. The number of pyridine rings is 1. The third-order valence-corrected chi connectivity index (χ3v) is 6.68. The lowest BCUT2D eigenvalue weighted by atomic mass is 10.0. The topological polar surface area (TPSA) is 84.3 Å². The Hall–Kier alpha value is -1.29. The van der Waals surface area contributed by atoms with Crippen molar-refractivity contribution >= 4 is 5.82 Å². The Labute approximate surface area is 173 Å². The third kappa shape index (κ3) is 4.90. The van der Waals surface area contributed by atoms with Crippen LogP contribution in [0, 0.1) is 0 Å². The van der Waals surface area contributed by atoms with Crippen molar-refractivity contribution in [2.24, 2.45) is 0 Å². The van der Waals surface area contributed by atoms with E-state index in [1.807, 2.05) is 24.4 Å². The first-order valence-corrected chi connectivity index (χ1v) is 10.9. The van der Waals surface area contributed by atoms with Crippen LogP contribution in [-0.4, -0.2) is 115 Å². The first kappa shape index (κ1) is 21.0. The first-order chi connectivity index (χ1) is 14.2. The summed E-state index contributed by atoms with van der Waals surface area (Å²) in [4.78, 5) is 11.4. The normalized spacial score (nSPS) is 32.7. The molecule has 0 unspecified atom stereocenters. The smallest absolute Gasteiger partial charge is 0.128 e. The summed E-state index contributed by atoms with van der Waals surface area (Å²) in [6, 6.07) is 6.40. The van der Waals surface area contributed by atoms with Crippen molar-refractivity contribution in [2.75, 3.05) is 64.4 Å². The number of hydrogen-bond donors (Lipinski definition) is 3. The molecule has 3 saturated heterocycles. The van der Waals surface area contributed by atoms with Crippen LogP contribution in [0.1, 0.15) is 12.8 Å². The van der Waals surface area contributed by atoms with Crippen LogP contribution in [-0.2, 0) is 4.74 Å². The van der Waals surface area contributed by atoms with Gasteiger partial charge in [0.25, 0.3) is 0 Å². The van der Waals surface area contributed by atoms with Crippen molar-refractivity contribution in [2.45, 2.75) is 43.2 Å². The van der Waals surface area contributed by atoms with Crippen LogP contribution >= 0.6 is 0 Å². The van der Waals surface area contributed by atoms with Crippen molar-refractivity contribution in [1.29, 1.82) is 0 Å². The summed E-state index contributed by atoms with van der Waals surface area (Å²) in [7, 11) is 2.17. The standard InChI is InChI=1S/C21H35N5O3/c1-24-8-5-16(6-9-24)23-14-17-20(21(28)18(15-27)29-17)26-12-10-25(11-13-26)19-4-2-3-7-22-19/h2-4,7,16-18,20-21,23,27-28H,5-6,8-15H2,1H3/t17-,18+,20+,21-/m1/s1. The van der Waals surface area contributed by atoms with E-state index in [4.69, 9.17) is 4.74 Å². The molecule has 29 heavy (non-hydrogen) atoms. The van der Waals surface area contributed by atoms with Crippen LogP contribution < -0.4 is 10.2 Å². The maximum absolute atomic E-state index is 10.8. The van der Waals surface area contributed by atoms with E-state index in [9.17, 15) is 10.2 Å². The number of aliphatic hydroxyl groups is 2. The zero-order chi connectivity index (χ0) is 20.2. The lowest BCUT2D eigenvalue weighted by Gasteiger charge is -2.41. The quantitative estimate of drug-likeness (QED) is 0.577. The second-order valence-electron chi connectivity index (χ2n) is 8.57. The van der Waals surface area contributed by atoms with Gasteiger partial charge < -0.3 is 30.1 Å². The molecule has 0 saturated carbocycles. The van der Waals surface area contributed by atoms with Gasteiger partial charge in [-0.3, -0.25) is 4.90 Å². The number of piperidine rings is 1. The van der Waals surface area contributed by atoms with Gasteiger partial charge in [0.05, 0.1) is 18.8 Å². The summed E-state index contributed by atoms with van der Waals surface area (Å²) in [6.45, 7) is 6.25. The van der Waals surface area contributed by atoms with Crippen molar-refractivity contribution in [3.8, 4) is 0 Å². The number of rotatable bonds is 6. The molecule has 0 radical (unpaired) electrons. The summed E-state index contributed by atoms with van der Waals surface area (Å²) in [6.07, 6.45) is 2.84. The number of ether oxygens (including phenoxy) is 1. The predicted molar refractivity (Wildman–Crippen MR) is 112 cm³/mol. The first-order valence-electron chi connectivity index (χ1n) is 10.9. The number of nitrogens with one attached hydrogen (secondary N) is 1. The Morgan fingerprint density at radius 2 is 1.86 bits per heavy atom. The Bertz CT molecular complexity index is 620. The molecule has 0 aromatic carbocycles. The van der Waals surface area contributed by atoms with E-state index in [1.54, 1.807) is 0 Å². The number of hydrogen-bond acceptors (Lipinski definition) is 8. The van der Waals surface area contributed by atoms with Crippen LogP contribution in [0.4, 0.5) is 5.82 Å². The van der Waals surface area contributed by atoms with E-state index in [0.29, 0.717) is 12.6 Å². The van der Waals surface area contributed by atoms with Gasteiger partial charge in [-0.25, -0.2) is 4.98 Å². The highest BCUT2D eigenvalue weighted by Crippen LogP contribution is 2.27. The molecule has 4 rings (SSSR count). The maximum Gasteiger partial charge on any atom is 0.128 e. The van der Waals surface area contributed by atoms with Gasteiger partial charge in [0.15, 0.2) is 0 Å². The molecule has 8 heteroatoms. The number of aromatic nitrogens is 1. The highest BCUT2D eigenvalue weighted by atomic mass is 16.5. The second-order valence-corrected chi connectivity index (χ2v) is 8.57. The minimum Gasteiger partial charge on any atom is -0.394 e. The number of piperazine rings is 1. The van der Waals surface area contributed by atoms with Crippen molar-refractivity contribution in [1.82, 2.24) is 20.1 Å². The molecule has 3 aliphatic rings. The van der Waals surface area contributed by atoms with Crippen molar-refractivity contribution < 1.29 is 14.9 Å². The largest absolute Gasteiger partial charge is 0.394 e. The van der Waals surface area contributed by atoms with Crippen LogP contribution in [0.15, 0.2) is 24.4 Å². The SMILES string of the molecule is CN1CCC(NC[C@H]2O[C@@H](CO)[C@@H](O)[C@H]2N2CCN(c3ccccn3)CC2)CC1. The van der Waals surface area contributed by atoms with Crippen LogP contribution in [0.5, 0.6) is 0 Å². The molecule has 3 N–H and O–H groups in total. The average molecular weight is 406 g/mol. The minimum absolute atomic E-state index is 0.0863. The monoisotopic (exact) mass is 405 g/mol. The van der Waals surface area contributed by atoms with E-state index in [2.05, 4.69) is 32.0 Å². The van der Waals surface area contributed by atoms with Crippen LogP contribution in [0.3, 0.4) is 0 Å². The average Bonchev–Trinajstić information content (AvgIpc) is 3.09. The van der Waals surface area contributed by atoms with Gasteiger partial charge in [0.2, 0.25) is 0 Å². The molecular weight excluding hydrogens is 370 g/mol. The molecule has 4 heterocycles. The van der Waals surface area contributed by atoms with Gasteiger partial charge in [0.1, 0.15) is 18.0 Å². The predicted octanol–water partition coefficient (Wildman–Crippen LogP) is -0.623. The molecule has 1 aromatic heterocycles. The summed E-state index contributed by atoms with van der Waals surface area (Å²) in [5.41, 5.74) is 0. The molecule has 0 amide bonds.